The molecule has 6 heteroatoms. The number of carbonyl (C=O) groups is 1. The summed E-state index contributed by atoms with van der Waals surface area (Å²) in [5.74, 6) is 0.914. The third-order valence-electron chi connectivity index (χ3n) is 6.36. The lowest BCUT2D eigenvalue weighted by Gasteiger charge is -2.21. The SMILES string of the molecule is CCC(C)c1ccc(C(CC)NC(=S)Nc2sc3c(c2C(=O)OC)CCC(C)C3)cc1. The van der Waals surface area contributed by atoms with E-state index in [0.29, 0.717) is 22.5 Å². The molecule has 31 heavy (non-hydrogen) atoms. The smallest absolute Gasteiger partial charge is 0.341 e. The van der Waals surface area contributed by atoms with Crippen LogP contribution in [-0.2, 0) is 17.6 Å². The van der Waals surface area contributed by atoms with Crippen LogP contribution < -0.4 is 10.6 Å². The van der Waals surface area contributed by atoms with Gasteiger partial charge in [-0.1, -0.05) is 52.0 Å². The van der Waals surface area contributed by atoms with Crippen molar-refractivity contribution in [3.05, 3.63) is 51.4 Å². The first kappa shape index (κ1) is 23.7. The van der Waals surface area contributed by atoms with E-state index in [2.05, 4.69) is 62.6 Å². The number of ether oxygens (including phenoxy) is 1. The largest absolute Gasteiger partial charge is 0.465 e. The summed E-state index contributed by atoms with van der Waals surface area (Å²) in [7, 11) is 1.44. The Morgan fingerprint density at radius 1 is 1.23 bits per heavy atom. The van der Waals surface area contributed by atoms with E-state index in [9.17, 15) is 4.79 Å². The second kappa shape index (κ2) is 10.6. The van der Waals surface area contributed by atoms with Crippen LogP contribution in [0.25, 0.3) is 0 Å². The van der Waals surface area contributed by atoms with Gasteiger partial charge in [0.25, 0.3) is 0 Å². The number of hydrogen-bond donors (Lipinski definition) is 2. The first-order valence-corrected chi connectivity index (χ1v) is 12.5. The van der Waals surface area contributed by atoms with Crippen LogP contribution in [0.5, 0.6) is 0 Å². The average Bonchev–Trinajstić information content (AvgIpc) is 3.13. The third kappa shape index (κ3) is 5.47. The molecule has 1 heterocycles. The first-order valence-electron chi connectivity index (χ1n) is 11.3. The molecule has 1 aromatic heterocycles. The Labute approximate surface area is 195 Å². The van der Waals surface area contributed by atoms with Crippen molar-refractivity contribution >= 4 is 39.6 Å². The van der Waals surface area contributed by atoms with Gasteiger partial charge in [-0.05, 0) is 72.8 Å². The maximum absolute atomic E-state index is 12.5. The lowest BCUT2D eigenvalue weighted by molar-refractivity contribution is 0.0601. The average molecular weight is 459 g/mol. The molecule has 2 N–H and O–H groups in total. The first-order chi connectivity index (χ1) is 14.9. The summed E-state index contributed by atoms with van der Waals surface area (Å²) in [5.41, 5.74) is 4.37. The monoisotopic (exact) mass is 458 g/mol. The Kier molecular flexibility index (Phi) is 8.11. The maximum atomic E-state index is 12.5. The molecule has 3 unspecified atom stereocenters. The van der Waals surface area contributed by atoms with Gasteiger partial charge in [0.15, 0.2) is 5.11 Å². The number of rotatable bonds is 7. The number of fused-ring (bicyclic) bond motifs is 1. The van der Waals surface area contributed by atoms with Gasteiger partial charge in [-0.2, -0.15) is 0 Å². The van der Waals surface area contributed by atoms with Gasteiger partial charge in [-0.25, -0.2) is 4.79 Å². The van der Waals surface area contributed by atoms with Gasteiger partial charge in [-0.15, -0.1) is 11.3 Å². The molecule has 168 valence electrons. The summed E-state index contributed by atoms with van der Waals surface area (Å²) < 4.78 is 5.09. The van der Waals surface area contributed by atoms with E-state index in [1.165, 1.54) is 23.1 Å². The van der Waals surface area contributed by atoms with Crippen LogP contribution in [0.15, 0.2) is 24.3 Å². The molecule has 2 aromatic rings. The van der Waals surface area contributed by atoms with Crippen molar-refractivity contribution in [1.29, 1.82) is 0 Å². The van der Waals surface area contributed by atoms with E-state index < -0.39 is 0 Å². The predicted octanol–water partition coefficient (Wildman–Crippen LogP) is 6.61. The minimum Gasteiger partial charge on any atom is -0.465 e. The standard InChI is InChI=1S/C25H34N2O2S2/c1-6-16(4)17-9-11-18(12-10-17)20(7-2)26-25(30)27-23-22(24(28)29-5)19-13-8-15(3)14-21(19)31-23/h9-12,15-16,20H,6-8,13-14H2,1-5H3,(H2,26,27,30). The van der Waals surface area contributed by atoms with E-state index >= 15 is 0 Å². The van der Waals surface area contributed by atoms with Crippen molar-refractivity contribution in [3.8, 4) is 0 Å². The van der Waals surface area contributed by atoms with E-state index in [-0.39, 0.29) is 12.0 Å². The molecular formula is C25H34N2O2S2. The Bertz CT molecular complexity index is 920. The molecule has 0 saturated carbocycles. The van der Waals surface area contributed by atoms with E-state index in [4.69, 9.17) is 17.0 Å². The number of nitrogens with one attached hydrogen (secondary N) is 2. The lowest BCUT2D eigenvalue weighted by atomic mass is 9.88. The van der Waals surface area contributed by atoms with Gasteiger partial charge in [0.05, 0.1) is 18.7 Å². The van der Waals surface area contributed by atoms with Gasteiger partial charge in [0.1, 0.15) is 5.00 Å². The minimum absolute atomic E-state index is 0.113. The molecule has 3 rings (SSSR count). The van der Waals surface area contributed by atoms with Crippen LogP contribution in [0.4, 0.5) is 5.00 Å². The zero-order valence-electron chi connectivity index (χ0n) is 19.2. The molecule has 1 aromatic carbocycles. The van der Waals surface area contributed by atoms with Crippen LogP contribution in [-0.4, -0.2) is 18.2 Å². The normalized spacial score (nSPS) is 17.4. The summed E-state index contributed by atoms with van der Waals surface area (Å²) >= 11 is 7.28. The predicted molar refractivity (Wildman–Crippen MR) is 134 cm³/mol. The van der Waals surface area contributed by atoms with Crippen molar-refractivity contribution in [2.45, 2.75) is 71.8 Å². The van der Waals surface area contributed by atoms with Gasteiger partial charge in [-0.3, -0.25) is 0 Å². The van der Waals surface area contributed by atoms with E-state index in [1.54, 1.807) is 11.3 Å². The second-order valence-corrected chi connectivity index (χ2v) is 10.1. The summed E-state index contributed by atoms with van der Waals surface area (Å²) in [4.78, 5) is 13.8. The molecule has 0 saturated heterocycles. The Morgan fingerprint density at radius 3 is 2.52 bits per heavy atom. The highest BCUT2D eigenvalue weighted by Gasteiger charge is 2.28. The fourth-order valence-electron chi connectivity index (χ4n) is 4.17. The zero-order chi connectivity index (χ0) is 22.5. The highest BCUT2D eigenvalue weighted by atomic mass is 32.1. The number of anilines is 1. The Balaban J connectivity index is 1.75. The van der Waals surface area contributed by atoms with Gasteiger partial charge < -0.3 is 15.4 Å². The van der Waals surface area contributed by atoms with Gasteiger partial charge in [0, 0.05) is 4.88 Å². The number of thiophene rings is 1. The molecule has 1 aliphatic rings. The van der Waals surface area contributed by atoms with Crippen molar-refractivity contribution in [3.63, 3.8) is 0 Å². The summed E-state index contributed by atoms with van der Waals surface area (Å²) in [6, 6.07) is 8.93. The fraction of sp³-hybridized carbons (Fsp3) is 0.520. The molecule has 3 atom stereocenters. The molecule has 0 spiro atoms. The molecule has 0 amide bonds. The topological polar surface area (TPSA) is 50.4 Å². The molecule has 1 aliphatic carbocycles. The highest BCUT2D eigenvalue weighted by molar-refractivity contribution is 7.80. The Hall–Kier alpha value is -1.92. The van der Waals surface area contributed by atoms with Crippen LogP contribution >= 0.6 is 23.6 Å². The van der Waals surface area contributed by atoms with E-state index in [0.717, 1.165) is 42.7 Å². The molecular weight excluding hydrogens is 424 g/mol. The zero-order valence-corrected chi connectivity index (χ0v) is 20.8. The molecule has 0 aliphatic heterocycles. The number of benzene rings is 1. The number of thiocarbonyl (C=S) groups is 1. The molecule has 0 fully saturated rings. The van der Waals surface area contributed by atoms with Gasteiger partial charge >= 0.3 is 5.97 Å². The minimum atomic E-state index is -0.287. The quantitative estimate of drug-likeness (QED) is 0.361. The van der Waals surface area contributed by atoms with Crippen LogP contribution in [0.3, 0.4) is 0 Å². The number of esters is 1. The van der Waals surface area contributed by atoms with Crippen molar-refractivity contribution in [2.75, 3.05) is 12.4 Å². The van der Waals surface area contributed by atoms with Crippen LogP contribution in [0, 0.1) is 5.92 Å². The maximum Gasteiger partial charge on any atom is 0.341 e. The summed E-state index contributed by atoms with van der Waals surface area (Å²) in [6.45, 7) is 8.88. The van der Waals surface area contributed by atoms with E-state index in [1.807, 2.05) is 0 Å². The second-order valence-electron chi connectivity index (χ2n) is 8.58. The fourth-order valence-corrected chi connectivity index (χ4v) is 5.88. The Morgan fingerprint density at radius 2 is 1.90 bits per heavy atom. The van der Waals surface area contributed by atoms with Crippen LogP contribution in [0.2, 0.25) is 0 Å². The van der Waals surface area contributed by atoms with Gasteiger partial charge in [0.2, 0.25) is 0 Å². The molecule has 0 radical (unpaired) electrons. The lowest BCUT2D eigenvalue weighted by Crippen LogP contribution is -2.32. The van der Waals surface area contributed by atoms with Crippen LogP contribution in [0.1, 0.15) is 90.8 Å². The summed E-state index contributed by atoms with van der Waals surface area (Å²) in [6.07, 6.45) is 5.06. The number of hydrogen-bond acceptors (Lipinski definition) is 4. The van der Waals surface area contributed by atoms with Crippen molar-refractivity contribution < 1.29 is 9.53 Å². The van der Waals surface area contributed by atoms with Crippen molar-refractivity contribution in [1.82, 2.24) is 5.32 Å². The third-order valence-corrected chi connectivity index (χ3v) is 7.75. The summed E-state index contributed by atoms with van der Waals surface area (Å²) in [5, 5.41) is 8.08. The van der Waals surface area contributed by atoms with Crippen molar-refractivity contribution in [2.24, 2.45) is 5.92 Å². The number of methoxy groups -OCH3 is 1. The molecule has 0 bridgehead atoms. The number of carbonyl (C=O) groups excluding carboxylic acids is 1. The molecule has 4 nitrogen and oxygen atoms in total. The highest BCUT2D eigenvalue weighted by Crippen LogP contribution is 2.40.